The second-order valence-corrected chi connectivity index (χ2v) is 8.24. The van der Waals surface area contributed by atoms with Crippen LogP contribution in [0.1, 0.15) is 46.2 Å². The van der Waals surface area contributed by atoms with E-state index in [1.165, 1.54) is 0 Å². The maximum atomic E-state index is 13.2. The van der Waals surface area contributed by atoms with Gasteiger partial charge >= 0.3 is 5.97 Å². The summed E-state index contributed by atoms with van der Waals surface area (Å²) in [6.45, 7) is 5.85. The van der Waals surface area contributed by atoms with Crippen molar-refractivity contribution in [2.24, 2.45) is 11.0 Å². The quantitative estimate of drug-likeness (QED) is 0.278. The van der Waals surface area contributed by atoms with Crippen molar-refractivity contribution in [3.05, 3.63) is 94.0 Å². The first kappa shape index (κ1) is 24.1. The Morgan fingerprint density at radius 2 is 1.85 bits per heavy atom. The van der Waals surface area contributed by atoms with Crippen molar-refractivity contribution in [2.75, 3.05) is 12.4 Å². The summed E-state index contributed by atoms with van der Waals surface area (Å²) in [6, 6.07) is 19.3. The standard InChI is InChI=1S/C27H31N3O3/c1-17-10-11-21(14-22(17)15-31)25(23-12-13-24(29-4)26(30-28)18(23)2)19(3)27(32)33-16-20-8-6-5-7-9-20/h5-14,19,25,28-29,31H,15-16H2,1-4H3/t19-,25+/m0/s1. The number of carbonyl (C=O) groups is 1. The van der Waals surface area contributed by atoms with Crippen molar-refractivity contribution in [1.29, 1.82) is 5.53 Å². The van der Waals surface area contributed by atoms with Crippen LogP contribution < -0.4 is 5.32 Å². The molecular weight excluding hydrogens is 414 g/mol. The van der Waals surface area contributed by atoms with Crippen LogP contribution in [-0.4, -0.2) is 18.1 Å². The van der Waals surface area contributed by atoms with Gasteiger partial charge in [-0.3, -0.25) is 4.79 Å². The number of anilines is 1. The molecule has 2 atom stereocenters. The molecule has 0 saturated carbocycles. The molecule has 0 heterocycles. The number of ether oxygens (including phenoxy) is 1. The van der Waals surface area contributed by atoms with Crippen LogP contribution in [0.25, 0.3) is 0 Å². The molecule has 3 N–H and O–H groups in total. The van der Waals surface area contributed by atoms with Crippen molar-refractivity contribution in [1.82, 2.24) is 0 Å². The Balaban J connectivity index is 2.04. The van der Waals surface area contributed by atoms with Gasteiger partial charge in [-0.05, 0) is 53.3 Å². The monoisotopic (exact) mass is 445 g/mol. The van der Waals surface area contributed by atoms with E-state index in [4.69, 9.17) is 10.3 Å². The molecule has 6 heteroatoms. The largest absolute Gasteiger partial charge is 0.461 e. The molecule has 0 unspecified atom stereocenters. The van der Waals surface area contributed by atoms with Crippen molar-refractivity contribution in [3.63, 3.8) is 0 Å². The molecule has 0 amide bonds. The summed E-state index contributed by atoms with van der Waals surface area (Å²) in [7, 11) is 1.79. The molecule has 0 spiro atoms. The van der Waals surface area contributed by atoms with E-state index < -0.39 is 5.92 Å². The van der Waals surface area contributed by atoms with E-state index in [1.54, 1.807) is 7.05 Å². The Labute approximate surface area is 195 Å². The minimum Gasteiger partial charge on any atom is -0.461 e. The van der Waals surface area contributed by atoms with Crippen LogP contribution in [0, 0.1) is 25.3 Å². The molecule has 0 radical (unpaired) electrons. The second kappa shape index (κ2) is 10.9. The van der Waals surface area contributed by atoms with Crippen molar-refractivity contribution >= 4 is 17.3 Å². The molecule has 0 aromatic heterocycles. The number of aliphatic hydroxyl groups excluding tert-OH is 1. The maximum Gasteiger partial charge on any atom is 0.309 e. The van der Waals surface area contributed by atoms with Crippen molar-refractivity contribution in [2.45, 2.75) is 39.9 Å². The molecule has 33 heavy (non-hydrogen) atoms. The maximum absolute atomic E-state index is 13.2. The minimum atomic E-state index is -0.499. The van der Waals surface area contributed by atoms with E-state index in [2.05, 4.69) is 10.4 Å². The molecule has 0 saturated heterocycles. The summed E-state index contributed by atoms with van der Waals surface area (Å²) in [4.78, 5) is 13.2. The van der Waals surface area contributed by atoms with Crippen LogP contribution in [0.3, 0.4) is 0 Å². The van der Waals surface area contributed by atoms with Gasteiger partial charge in [0, 0.05) is 13.0 Å². The van der Waals surface area contributed by atoms with E-state index in [0.29, 0.717) is 5.69 Å². The fourth-order valence-electron chi connectivity index (χ4n) is 4.19. The van der Waals surface area contributed by atoms with Gasteiger partial charge in [-0.2, -0.15) is 5.11 Å². The van der Waals surface area contributed by atoms with Gasteiger partial charge in [-0.25, -0.2) is 5.53 Å². The van der Waals surface area contributed by atoms with Gasteiger partial charge in [0.2, 0.25) is 0 Å². The Morgan fingerprint density at radius 1 is 1.12 bits per heavy atom. The first-order chi connectivity index (χ1) is 15.9. The number of hydrogen-bond acceptors (Lipinski definition) is 6. The molecular formula is C27H31N3O3. The summed E-state index contributed by atoms with van der Waals surface area (Å²) in [6.07, 6.45) is 0. The topological polar surface area (TPSA) is 94.8 Å². The lowest BCUT2D eigenvalue weighted by Gasteiger charge is -2.27. The number of aliphatic hydroxyl groups is 1. The first-order valence-electron chi connectivity index (χ1n) is 11.0. The van der Waals surface area contributed by atoms with Gasteiger partial charge < -0.3 is 15.2 Å². The van der Waals surface area contributed by atoms with Crippen LogP contribution in [0.4, 0.5) is 11.4 Å². The third kappa shape index (κ3) is 5.29. The van der Waals surface area contributed by atoms with E-state index in [9.17, 15) is 9.90 Å². The zero-order chi connectivity index (χ0) is 24.0. The number of nitrogens with one attached hydrogen (secondary N) is 2. The number of hydrogen-bond donors (Lipinski definition) is 3. The molecule has 0 aliphatic heterocycles. The van der Waals surface area contributed by atoms with E-state index in [0.717, 1.165) is 39.1 Å². The second-order valence-electron chi connectivity index (χ2n) is 8.24. The Bertz CT molecular complexity index is 1130. The number of rotatable bonds is 9. The molecule has 3 aromatic carbocycles. The molecule has 0 aliphatic carbocycles. The third-order valence-electron chi connectivity index (χ3n) is 6.19. The van der Waals surface area contributed by atoms with Gasteiger partial charge in [0.05, 0.1) is 18.2 Å². The number of benzene rings is 3. The summed E-state index contributed by atoms with van der Waals surface area (Å²) < 4.78 is 5.67. The molecule has 172 valence electrons. The zero-order valence-electron chi connectivity index (χ0n) is 19.6. The third-order valence-corrected chi connectivity index (χ3v) is 6.19. The lowest BCUT2D eigenvalue weighted by atomic mass is 9.78. The number of carbonyl (C=O) groups excluding carboxylic acids is 1. The molecule has 6 nitrogen and oxygen atoms in total. The van der Waals surface area contributed by atoms with Crippen LogP contribution in [0.15, 0.2) is 65.8 Å². The lowest BCUT2D eigenvalue weighted by molar-refractivity contribution is -0.149. The number of aryl methyl sites for hydroxylation is 1. The average Bonchev–Trinajstić information content (AvgIpc) is 2.84. The SMILES string of the molecule is CNc1ccc([C@@H](c2ccc(C)c(CO)c2)[C@H](C)C(=O)OCc2ccccc2)c(C)c1N=N. The molecule has 3 rings (SSSR count). The summed E-state index contributed by atoms with van der Waals surface area (Å²) in [5.74, 6) is -1.14. The fourth-order valence-corrected chi connectivity index (χ4v) is 4.19. The molecule has 0 bridgehead atoms. The smallest absolute Gasteiger partial charge is 0.309 e. The van der Waals surface area contributed by atoms with Gasteiger partial charge in [0.15, 0.2) is 0 Å². The molecule has 0 aliphatic rings. The Kier molecular flexibility index (Phi) is 7.96. The molecule has 3 aromatic rings. The lowest BCUT2D eigenvalue weighted by Crippen LogP contribution is -2.24. The number of esters is 1. The van der Waals surface area contributed by atoms with E-state index in [1.807, 2.05) is 81.4 Å². The predicted molar refractivity (Wildman–Crippen MR) is 130 cm³/mol. The van der Waals surface area contributed by atoms with Gasteiger partial charge in [0.25, 0.3) is 0 Å². The summed E-state index contributed by atoms with van der Waals surface area (Å²) in [5.41, 5.74) is 14.3. The Morgan fingerprint density at radius 3 is 2.48 bits per heavy atom. The van der Waals surface area contributed by atoms with Gasteiger partial charge in [-0.1, -0.05) is 61.5 Å². The van der Waals surface area contributed by atoms with Gasteiger partial charge in [-0.15, -0.1) is 0 Å². The normalized spacial score (nSPS) is 12.6. The van der Waals surface area contributed by atoms with Gasteiger partial charge in [0.1, 0.15) is 12.3 Å². The number of nitrogens with zero attached hydrogens (tertiary/aromatic N) is 1. The summed E-state index contributed by atoms with van der Waals surface area (Å²) >= 11 is 0. The zero-order valence-corrected chi connectivity index (χ0v) is 19.6. The van der Waals surface area contributed by atoms with Crippen molar-refractivity contribution < 1.29 is 14.6 Å². The highest BCUT2D eigenvalue weighted by atomic mass is 16.5. The fraction of sp³-hybridized carbons (Fsp3) is 0.296. The van der Waals surface area contributed by atoms with E-state index >= 15 is 0 Å². The highest BCUT2D eigenvalue weighted by Gasteiger charge is 2.31. The average molecular weight is 446 g/mol. The van der Waals surface area contributed by atoms with E-state index in [-0.39, 0.29) is 25.1 Å². The molecule has 0 fully saturated rings. The highest BCUT2D eigenvalue weighted by molar-refractivity contribution is 5.76. The highest BCUT2D eigenvalue weighted by Crippen LogP contribution is 2.41. The Hall–Kier alpha value is -3.51. The van der Waals surface area contributed by atoms with Crippen LogP contribution in [0.5, 0.6) is 0 Å². The van der Waals surface area contributed by atoms with Crippen molar-refractivity contribution in [3.8, 4) is 0 Å². The predicted octanol–water partition coefficient (Wildman–Crippen LogP) is 6.01. The first-order valence-corrected chi connectivity index (χ1v) is 11.0. The summed E-state index contributed by atoms with van der Waals surface area (Å²) in [5, 5.41) is 16.6. The minimum absolute atomic E-state index is 0.0792. The van der Waals surface area contributed by atoms with Crippen LogP contribution in [-0.2, 0) is 22.7 Å². The van der Waals surface area contributed by atoms with Crippen LogP contribution in [0.2, 0.25) is 0 Å². The van der Waals surface area contributed by atoms with Crippen LogP contribution >= 0.6 is 0 Å².